The summed E-state index contributed by atoms with van der Waals surface area (Å²) in [6.45, 7) is 4.98. The molecule has 1 N–H and O–H groups in total. The van der Waals surface area contributed by atoms with Crippen molar-refractivity contribution in [2.75, 3.05) is 27.7 Å². The van der Waals surface area contributed by atoms with Crippen molar-refractivity contribution >= 4 is 0 Å². The van der Waals surface area contributed by atoms with Gasteiger partial charge in [-0.05, 0) is 51.5 Å². The first-order chi connectivity index (χ1) is 9.73. The number of rotatable bonds is 5. The Morgan fingerprint density at radius 2 is 2.00 bits per heavy atom. The van der Waals surface area contributed by atoms with Crippen LogP contribution < -0.4 is 4.74 Å². The summed E-state index contributed by atoms with van der Waals surface area (Å²) in [4.78, 5) is 2.09. The Labute approximate surface area is 126 Å². The minimum atomic E-state index is -1.05. The van der Waals surface area contributed by atoms with E-state index in [-0.39, 0.29) is 11.2 Å². The van der Waals surface area contributed by atoms with E-state index in [1.807, 2.05) is 27.9 Å². The molecule has 2 rings (SSSR count). The first kappa shape index (κ1) is 16.2. The van der Waals surface area contributed by atoms with Gasteiger partial charge in [0, 0.05) is 11.0 Å². The Kier molecular flexibility index (Phi) is 4.31. The minimum Gasteiger partial charge on any atom is -0.493 e. The van der Waals surface area contributed by atoms with Crippen LogP contribution in [0.15, 0.2) is 12.1 Å². The van der Waals surface area contributed by atoms with Crippen LogP contribution in [0, 0.1) is 11.2 Å². The maximum Gasteiger partial charge on any atom is 0.165 e. The Morgan fingerprint density at radius 1 is 1.33 bits per heavy atom. The molecule has 1 aromatic carbocycles. The summed E-state index contributed by atoms with van der Waals surface area (Å²) in [7, 11) is 5.49. The number of ether oxygens (including phenoxy) is 1. The summed E-state index contributed by atoms with van der Waals surface area (Å²) in [5.74, 6) is -0.203. The largest absolute Gasteiger partial charge is 0.493 e. The van der Waals surface area contributed by atoms with Gasteiger partial charge in [0.25, 0.3) is 0 Å². The van der Waals surface area contributed by atoms with Gasteiger partial charge in [-0.25, -0.2) is 4.39 Å². The van der Waals surface area contributed by atoms with Crippen molar-refractivity contribution in [1.82, 2.24) is 4.90 Å². The molecular formula is C17H26FNO2. The molecule has 0 amide bonds. The molecule has 0 aromatic heterocycles. The van der Waals surface area contributed by atoms with E-state index in [0.29, 0.717) is 12.0 Å². The van der Waals surface area contributed by atoms with Gasteiger partial charge in [-0.1, -0.05) is 19.9 Å². The van der Waals surface area contributed by atoms with Crippen molar-refractivity contribution < 1.29 is 14.2 Å². The number of methoxy groups -OCH3 is 1. The van der Waals surface area contributed by atoms with Crippen LogP contribution >= 0.6 is 0 Å². The number of aliphatic hydroxyl groups is 1. The maximum absolute atomic E-state index is 14.0. The number of nitrogens with zero attached hydrogens (tertiary/aromatic N) is 1. The van der Waals surface area contributed by atoms with Crippen molar-refractivity contribution in [3.8, 4) is 5.75 Å². The minimum absolute atomic E-state index is 0.199. The third-order valence-electron chi connectivity index (χ3n) is 4.71. The zero-order chi connectivity index (χ0) is 15.8. The molecule has 0 spiro atoms. The first-order valence-corrected chi connectivity index (χ1v) is 7.46. The smallest absolute Gasteiger partial charge is 0.165 e. The van der Waals surface area contributed by atoms with Crippen molar-refractivity contribution in [2.45, 2.75) is 38.7 Å². The number of fused-ring (bicyclic) bond motifs is 1. The molecule has 1 atom stereocenters. The van der Waals surface area contributed by atoms with E-state index >= 15 is 0 Å². The average molecular weight is 295 g/mol. The summed E-state index contributed by atoms with van der Waals surface area (Å²) in [6.07, 6.45) is 2.19. The fourth-order valence-electron chi connectivity index (χ4n) is 3.47. The molecule has 0 aliphatic heterocycles. The highest BCUT2D eigenvalue weighted by Crippen LogP contribution is 2.55. The Hall–Kier alpha value is -1.13. The molecule has 0 radical (unpaired) electrons. The molecule has 118 valence electrons. The van der Waals surface area contributed by atoms with Crippen LogP contribution in [0.3, 0.4) is 0 Å². The third-order valence-corrected chi connectivity index (χ3v) is 4.71. The monoisotopic (exact) mass is 295 g/mol. The van der Waals surface area contributed by atoms with Crippen LogP contribution in [0.2, 0.25) is 0 Å². The topological polar surface area (TPSA) is 32.7 Å². The third kappa shape index (κ3) is 2.67. The van der Waals surface area contributed by atoms with Gasteiger partial charge in [-0.2, -0.15) is 0 Å². The number of halogens is 1. The van der Waals surface area contributed by atoms with Gasteiger partial charge in [0.15, 0.2) is 11.6 Å². The highest BCUT2D eigenvalue weighted by atomic mass is 19.1. The molecule has 1 unspecified atom stereocenters. The summed E-state index contributed by atoms with van der Waals surface area (Å²) >= 11 is 0. The van der Waals surface area contributed by atoms with Gasteiger partial charge < -0.3 is 14.7 Å². The molecule has 21 heavy (non-hydrogen) atoms. The highest BCUT2D eigenvalue weighted by Gasteiger charge is 2.52. The molecule has 1 aliphatic carbocycles. The van der Waals surface area contributed by atoms with Crippen molar-refractivity contribution in [3.05, 3.63) is 29.1 Å². The first-order valence-electron chi connectivity index (χ1n) is 7.46. The van der Waals surface area contributed by atoms with E-state index in [0.717, 1.165) is 24.9 Å². The van der Waals surface area contributed by atoms with Gasteiger partial charge in [-0.15, -0.1) is 0 Å². The predicted molar refractivity (Wildman–Crippen MR) is 82.1 cm³/mol. The zero-order valence-electron chi connectivity index (χ0n) is 13.7. The van der Waals surface area contributed by atoms with Gasteiger partial charge in [0.1, 0.15) is 0 Å². The van der Waals surface area contributed by atoms with Crippen LogP contribution in [0.4, 0.5) is 4.39 Å². The SMILES string of the molecule is COc1c(F)ccc2c1C(O)(CCCN(C)C)C(C)(C)C2. The lowest BCUT2D eigenvalue weighted by molar-refractivity contribution is -0.0697. The van der Waals surface area contributed by atoms with Crippen LogP contribution in [-0.2, 0) is 12.0 Å². The van der Waals surface area contributed by atoms with E-state index in [2.05, 4.69) is 4.90 Å². The second kappa shape index (κ2) is 5.58. The maximum atomic E-state index is 14.0. The summed E-state index contributed by atoms with van der Waals surface area (Å²) in [6, 6.07) is 3.21. The second-order valence-electron chi connectivity index (χ2n) is 6.94. The van der Waals surface area contributed by atoms with Crippen LogP contribution in [-0.4, -0.2) is 37.8 Å². The zero-order valence-corrected chi connectivity index (χ0v) is 13.7. The second-order valence-corrected chi connectivity index (χ2v) is 6.94. The van der Waals surface area contributed by atoms with Gasteiger partial charge >= 0.3 is 0 Å². The van der Waals surface area contributed by atoms with E-state index in [1.54, 1.807) is 6.07 Å². The summed E-state index contributed by atoms with van der Waals surface area (Å²) < 4.78 is 19.3. The highest BCUT2D eigenvalue weighted by molar-refractivity contribution is 5.50. The molecule has 0 saturated heterocycles. The van der Waals surface area contributed by atoms with Gasteiger partial charge in [0.05, 0.1) is 12.7 Å². The molecule has 0 fully saturated rings. The van der Waals surface area contributed by atoms with Crippen molar-refractivity contribution in [3.63, 3.8) is 0 Å². The molecule has 0 bridgehead atoms. The number of benzene rings is 1. The van der Waals surface area contributed by atoms with Crippen molar-refractivity contribution in [2.24, 2.45) is 5.41 Å². The number of hydrogen-bond acceptors (Lipinski definition) is 3. The van der Waals surface area contributed by atoms with Crippen LogP contribution in [0.1, 0.15) is 37.8 Å². The fraction of sp³-hybridized carbons (Fsp3) is 0.647. The molecule has 0 saturated carbocycles. The van der Waals surface area contributed by atoms with Crippen molar-refractivity contribution in [1.29, 1.82) is 0 Å². The molecule has 1 aromatic rings. The molecular weight excluding hydrogens is 269 g/mol. The van der Waals surface area contributed by atoms with E-state index in [4.69, 9.17) is 4.74 Å². The van der Waals surface area contributed by atoms with E-state index < -0.39 is 11.4 Å². The molecule has 0 heterocycles. The van der Waals surface area contributed by atoms with Gasteiger partial charge in [-0.3, -0.25) is 0 Å². The predicted octanol–water partition coefficient (Wildman–Crippen LogP) is 2.95. The lowest BCUT2D eigenvalue weighted by Crippen LogP contribution is -2.39. The molecule has 1 aliphatic rings. The molecule has 3 nitrogen and oxygen atoms in total. The van der Waals surface area contributed by atoms with Gasteiger partial charge in [0.2, 0.25) is 0 Å². The Bertz CT molecular complexity index is 528. The Morgan fingerprint density at radius 3 is 2.57 bits per heavy atom. The average Bonchev–Trinajstić information content (AvgIpc) is 2.58. The molecule has 4 heteroatoms. The fourth-order valence-corrected chi connectivity index (χ4v) is 3.47. The van der Waals surface area contributed by atoms with E-state index in [1.165, 1.54) is 13.2 Å². The lowest BCUT2D eigenvalue weighted by atomic mass is 9.73. The van der Waals surface area contributed by atoms with E-state index in [9.17, 15) is 9.50 Å². The summed E-state index contributed by atoms with van der Waals surface area (Å²) in [5.41, 5.74) is 0.258. The van der Waals surface area contributed by atoms with Crippen LogP contribution in [0.5, 0.6) is 5.75 Å². The summed E-state index contributed by atoms with van der Waals surface area (Å²) in [5, 5.41) is 11.4. The number of hydrogen-bond donors (Lipinski definition) is 1. The quantitative estimate of drug-likeness (QED) is 0.906. The van der Waals surface area contributed by atoms with Crippen LogP contribution in [0.25, 0.3) is 0 Å². The Balaban J connectivity index is 2.43. The normalized spacial score (nSPS) is 23.4. The lowest BCUT2D eigenvalue weighted by Gasteiger charge is -2.38. The standard InChI is InChI=1S/C17H26FNO2/c1-16(2)11-12-7-8-13(18)15(21-5)14(12)17(16,20)9-6-10-19(3)4/h7-8,20H,6,9-11H2,1-5H3.